The van der Waals surface area contributed by atoms with Gasteiger partial charge in [-0.15, -0.1) is 0 Å². The van der Waals surface area contributed by atoms with Crippen LogP contribution >= 0.6 is 22.6 Å². The van der Waals surface area contributed by atoms with Gasteiger partial charge in [-0.1, -0.05) is 22.6 Å². The Kier molecular flexibility index (Phi) is 3.10. The maximum Gasteiger partial charge on any atom is 0.337 e. The highest BCUT2D eigenvalue weighted by Crippen LogP contribution is 2.07. The van der Waals surface area contributed by atoms with E-state index < -0.39 is 19.4 Å². The van der Waals surface area contributed by atoms with Gasteiger partial charge in [-0.05, 0) is 0 Å². The second kappa shape index (κ2) is 2.90. The molecule has 0 rings (SSSR count). The van der Waals surface area contributed by atoms with Crippen LogP contribution in [0.3, 0.4) is 0 Å². The van der Waals surface area contributed by atoms with Crippen LogP contribution in [-0.2, 0) is 9.84 Å². The number of hydrogen-bond donors (Lipinski definition) is 0. The van der Waals surface area contributed by atoms with Crippen molar-refractivity contribution in [3.63, 3.8) is 0 Å². The molecule has 0 atom stereocenters. The van der Waals surface area contributed by atoms with E-state index >= 15 is 0 Å². The summed E-state index contributed by atoms with van der Waals surface area (Å²) in [6.45, 7) is 0. The average Bonchev–Trinajstić information content (AvgIpc) is 1.67. The molecule has 8 heavy (non-hydrogen) atoms. The molecule has 6 heteroatoms. The molecule has 0 aromatic carbocycles. The molecule has 0 saturated carbocycles. The Hall–Kier alpha value is 0.540. The summed E-state index contributed by atoms with van der Waals surface area (Å²) in [4.78, 5) is 0. The van der Waals surface area contributed by atoms with Gasteiger partial charge in [-0.2, -0.15) is 8.78 Å². The Morgan fingerprint density at radius 2 is 1.88 bits per heavy atom. The highest BCUT2D eigenvalue weighted by molar-refractivity contribution is 14.1. The summed E-state index contributed by atoms with van der Waals surface area (Å²) in [5.74, 6) is -3.22. The number of alkyl halides is 3. The summed E-state index contributed by atoms with van der Waals surface area (Å²) in [5, 5.41) is 0. The molecule has 2 nitrogen and oxygen atoms in total. The molecule has 0 aliphatic heterocycles. The van der Waals surface area contributed by atoms with Crippen molar-refractivity contribution in [2.75, 3.05) is 3.76 Å². The molecule has 0 N–H and O–H groups in total. The van der Waals surface area contributed by atoms with Crippen LogP contribution in [0.25, 0.3) is 0 Å². The molecule has 0 aliphatic rings. The molecule has 0 aromatic heterocycles. The van der Waals surface area contributed by atoms with Gasteiger partial charge in [0.05, 0.1) is 0 Å². The molecule has 0 saturated heterocycles. The van der Waals surface area contributed by atoms with Crippen molar-refractivity contribution in [2.45, 2.75) is 5.76 Å². The van der Waals surface area contributed by atoms with E-state index in [2.05, 4.69) is 0 Å². The number of rotatable bonds is 2. The first kappa shape index (κ1) is 8.54. The number of hydrogen-bond acceptors (Lipinski definition) is 2. The Morgan fingerprint density at radius 3 is 1.88 bits per heavy atom. The summed E-state index contributed by atoms with van der Waals surface area (Å²) in [6, 6.07) is 0. The van der Waals surface area contributed by atoms with Gasteiger partial charge in [-0.3, -0.25) is 0 Å². The first-order valence-electron chi connectivity index (χ1n) is 1.56. The lowest BCUT2D eigenvalue weighted by Crippen LogP contribution is -2.10. The minimum Gasteiger partial charge on any atom is -0.222 e. The van der Waals surface area contributed by atoms with Gasteiger partial charge in [0.2, 0.25) is 9.84 Å². The second-order valence-corrected chi connectivity index (χ2v) is 4.80. The Morgan fingerprint density at radius 1 is 1.50 bits per heavy atom. The summed E-state index contributed by atoms with van der Waals surface area (Å²) in [6.07, 6.45) is 0. The molecule has 0 amide bonds. The zero-order chi connectivity index (χ0) is 6.78. The molecule has 0 bridgehead atoms. The van der Waals surface area contributed by atoms with Crippen LogP contribution in [0.2, 0.25) is 0 Å². The van der Waals surface area contributed by atoms with Crippen molar-refractivity contribution in [3.8, 4) is 0 Å². The third kappa shape index (κ3) is 2.21. The molecule has 0 heterocycles. The van der Waals surface area contributed by atoms with Crippen LogP contribution in [0.1, 0.15) is 0 Å². The maximum atomic E-state index is 11.2. The predicted molar refractivity (Wildman–Crippen MR) is 33.8 cm³/mol. The molecule has 0 radical (unpaired) electrons. The fourth-order valence-electron chi connectivity index (χ4n) is 0.0476. The van der Waals surface area contributed by atoms with Gasteiger partial charge in [-0.25, -0.2) is 8.42 Å². The minimum absolute atomic E-state index is 0.525. The highest BCUT2D eigenvalue weighted by Gasteiger charge is 2.21. The lowest BCUT2D eigenvalue weighted by Gasteiger charge is -1.93. The second-order valence-electron chi connectivity index (χ2n) is 1.03. The van der Waals surface area contributed by atoms with Crippen LogP contribution in [0, 0.1) is 0 Å². The standard InChI is InChI=1S/C2H3F2IO2S/c3-2(4)8(6,7)1-5/h2H,1H2. The molecular weight excluding hydrogens is 253 g/mol. The first-order chi connectivity index (χ1) is 3.50. The van der Waals surface area contributed by atoms with E-state index in [0.717, 1.165) is 0 Å². The Labute approximate surface area is 59.3 Å². The van der Waals surface area contributed by atoms with Crippen molar-refractivity contribution < 1.29 is 17.2 Å². The van der Waals surface area contributed by atoms with Crippen molar-refractivity contribution in [1.82, 2.24) is 0 Å². The summed E-state index contributed by atoms with van der Waals surface area (Å²) >= 11 is 1.38. The lowest BCUT2D eigenvalue weighted by molar-refractivity contribution is 0.236. The molecule has 0 unspecified atom stereocenters. The number of sulfone groups is 1. The van der Waals surface area contributed by atoms with Crippen LogP contribution in [0.15, 0.2) is 0 Å². The van der Waals surface area contributed by atoms with E-state index in [4.69, 9.17) is 0 Å². The van der Waals surface area contributed by atoms with Crippen molar-refractivity contribution >= 4 is 32.4 Å². The SMILES string of the molecule is O=S(=O)(CI)C(F)F. The van der Waals surface area contributed by atoms with Crippen molar-refractivity contribution in [3.05, 3.63) is 0 Å². The first-order valence-corrected chi connectivity index (χ1v) is 4.80. The predicted octanol–water partition coefficient (Wildman–Crippen LogP) is 1.02. The summed E-state index contributed by atoms with van der Waals surface area (Å²) < 4.78 is 41.8. The molecule has 0 fully saturated rings. The molecule has 0 aromatic rings. The normalized spacial score (nSPS) is 12.5. The summed E-state index contributed by atoms with van der Waals surface area (Å²) in [7, 11) is -4.08. The van der Waals surface area contributed by atoms with E-state index in [-0.39, 0.29) is 0 Å². The average molecular weight is 256 g/mol. The van der Waals surface area contributed by atoms with E-state index in [0.29, 0.717) is 0 Å². The zero-order valence-corrected chi connectivity index (χ0v) is 6.62. The van der Waals surface area contributed by atoms with E-state index in [1.54, 1.807) is 0 Å². The van der Waals surface area contributed by atoms with Crippen LogP contribution in [0.4, 0.5) is 8.78 Å². The van der Waals surface area contributed by atoms with Crippen molar-refractivity contribution in [1.29, 1.82) is 0 Å². The number of halogens is 3. The maximum absolute atomic E-state index is 11.2. The van der Waals surface area contributed by atoms with Crippen LogP contribution in [0.5, 0.6) is 0 Å². The van der Waals surface area contributed by atoms with E-state index in [1.807, 2.05) is 0 Å². The van der Waals surface area contributed by atoms with Gasteiger partial charge in [0.25, 0.3) is 0 Å². The van der Waals surface area contributed by atoms with Gasteiger partial charge in [0.15, 0.2) is 0 Å². The molecule has 50 valence electrons. The Balaban J connectivity index is 4.17. The summed E-state index contributed by atoms with van der Waals surface area (Å²) in [5.41, 5.74) is 0. The molecule has 0 spiro atoms. The lowest BCUT2D eigenvalue weighted by atomic mass is 11.7. The third-order valence-corrected chi connectivity index (χ3v) is 3.87. The third-order valence-electron chi connectivity index (χ3n) is 0.424. The molecular formula is C2H3F2IO2S. The van der Waals surface area contributed by atoms with E-state index in [1.165, 1.54) is 22.6 Å². The quantitative estimate of drug-likeness (QED) is 0.546. The van der Waals surface area contributed by atoms with Crippen molar-refractivity contribution in [2.24, 2.45) is 0 Å². The van der Waals surface area contributed by atoms with Gasteiger partial charge in [0.1, 0.15) is 3.76 Å². The van der Waals surface area contributed by atoms with Gasteiger partial charge < -0.3 is 0 Å². The van der Waals surface area contributed by atoms with Gasteiger partial charge in [0, 0.05) is 0 Å². The van der Waals surface area contributed by atoms with Crippen LogP contribution < -0.4 is 0 Å². The fraction of sp³-hybridized carbons (Fsp3) is 1.00. The molecule has 0 aliphatic carbocycles. The van der Waals surface area contributed by atoms with Crippen LogP contribution in [-0.4, -0.2) is 17.9 Å². The van der Waals surface area contributed by atoms with E-state index in [9.17, 15) is 17.2 Å². The highest BCUT2D eigenvalue weighted by atomic mass is 127. The monoisotopic (exact) mass is 256 g/mol. The topological polar surface area (TPSA) is 34.1 Å². The largest absolute Gasteiger partial charge is 0.337 e. The zero-order valence-electron chi connectivity index (χ0n) is 3.64. The minimum atomic E-state index is -4.08. The van der Waals surface area contributed by atoms with Gasteiger partial charge >= 0.3 is 5.76 Å². The fourth-order valence-corrected chi connectivity index (χ4v) is 0.958. The smallest absolute Gasteiger partial charge is 0.222 e. The Bertz CT molecular complexity index is 151.